The first-order valence-corrected chi connectivity index (χ1v) is 6.82. The van der Waals surface area contributed by atoms with Crippen LogP contribution in [0.4, 0.5) is 4.39 Å². The summed E-state index contributed by atoms with van der Waals surface area (Å²) in [6.45, 7) is 2.43. The molecule has 2 aromatic rings. The van der Waals surface area contributed by atoms with E-state index in [0.717, 1.165) is 10.0 Å². The molecule has 0 saturated carbocycles. The van der Waals surface area contributed by atoms with E-state index in [-0.39, 0.29) is 17.6 Å². The van der Waals surface area contributed by atoms with Gasteiger partial charge in [0.2, 0.25) is 0 Å². The fourth-order valence-corrected chi connectivity index (χ4v) is 2.52. The maximum Gasteiger partial charge on any atom is 0.123 e. The molecule has 0 bridgehead atoms. The van der Waals surface area contributed by atoms with Crippen molar-refractivity contribution >= 4 is 15.9 Å². The molecule has 0 radical (unpaired) electrons. The van der Waals surface area contributed by atoms with Gasteiger partial charge in [-0.2, -0.15) is 0 Å². The maximum absolute atomic E-state index is 13.1. The largest absolute Gasteiger partial charge is 0.508 e. The van der Waals surface area contributed by atoms with Crippen LogP contribution in [0.2, 0.25) is 0 Å². The van der Waals surface area contributed by atoms with Crippen LogP contribution in [0.3, 0.4) is 0 Å². The number of nitrogens with one attached hydrogen (secondary N) is 1. The Kier molecular flexibility index (Phi) is 4.56. The Morgan fingerprint density at radius 2 is 2.00 bits per heavy atom. The second-order valence-electron chi connectivity index (χ2n) is 4.40. The molecule has 0 aromatic heterocycles. The van der Waals surface area contributed by atoms with E-state index >= 15 is 0 Å². The van der Waals surface area contributed by atoms with Crippen molar-refractivity contribution < 1.29 is 9.50 Å². The van der Waals surface area contributed by atoms with Gasteiger partial charge in [0, 0.05) is 22.6 Å². The van der Waals surface area contributed by atoms with Crippen molar-refractivity contribution in [3.05, 3.63) is 63.9 Å². The minimum Gasteiger partial charge on any atom is -0.508 e. The molecule has 2 nitrogen and oxygen atoms in total. The lowest BCUT2D eigenvalue weighted by Gasteiger charge is -2.16. The van der Waals surface area contributed by atoms with E-state index in [1.54, 1.807) is 0 Å². The van der Waals surface area contributed by atoms with Crippen LogP contribution in [-0.4, -0.2) is 5.11 Å². The van der Waals surface area contributed by atoms with E-state index in [0.29, 0.717) is 12.1 Å². The lowest BCUT2D eigenvalue weighted by Crippen LogP contribution is -2.18. The summed E-state index contributed by atoms with van der Waals surface area (Å²) in [7, 11) is 0. The first kappa shape index (κ1) is 14.0. The summed E-state index contributed by atoms with van der Waals surface area (Å²) in [4.78, 5) is 0. The van der Waals surface area contributed by atoms with Gasteiger partial charge in [-0.15, -0.1) is 0 Å². The van der Waals surface area contributed by atoms with Crippen molar-refractivity contribution in [3.8, 4) is 5.75 Å². The third kappa shape index (κ3) is 3.55. The molecular weight excluding hydrogens is 309 g/mol. The number of benzene rings is 2. The Labute approximate surface area is 120 Å². The fourth-order valence-electron chi connectivity index (χ4n) is 1.89. The highest BCUT2D eigenvalue weighted by Crippen LogP contribution is 2.24. The zero-order valence-corrected chi connectivity index (χ0v) is 12.1. The summed E-state index contributed by atoms with van der Waals surface area (Å²) in [5.41, 5.74) is 1.68. The lowest BCUT2D eigenvalue weighted by atomic mass is 10.1. The number of hydrogen-bond donors (Lipinski definition) is 2. The van der Waals surface area contributed by atoms with Gasteiger partial charge in [0.05, 0.1) is 0 Å². The Morgan fingerprint density at radius 1 is 1.26 bits per heavy atom. The quantitative estimate of drug-likeness (QED) is 0.886. The SMILES string of the molecule is C[C@@H](NCc1cc(F)ccc1O)c1ccccc1Br. The van der Waals surface area contributed by atoms with E-state index in [1.807, 2.05) is 31.2 Å². The summed E-state index contributed by atoms with van der Waals surface area (Å²) >= 11 is 3.50. The van der Waals surface area contributed by atoms with Crippen LogP contribution in [0, 0.1) is 5.82 Å². The highest BCUT2D eigenvalue weighted by molar-refractivity contribution is 9.10. The van der Waals surface area contributed by atoms with Crippen LogP contribution >= 0.6 is 15.9 Å². The smallest absolute Gasteiger partial charge is 0.123 e. The average molecular weight is 324 g/mol. The molecule has 1 atom stereocenters. The molecule has 0 spiro atoms. The van der Waals surface area contributed by atoms with Crippen LogP contribution in [0.15, 0.2) is 46.9 Å². The highest BCUT2D eigenvalue weighted by Gasteiger charge is 2.09. The van der Waals surface area contributed by atoms with Crippen molar-refractivity contribution in [3.63, 3.8) is 0 Å². The number of phenolic OH excluding ortho intramolecular Hbond substituents is 1. The Bertz CT molecular complexity index is 574. The molecule has 0 amide bonds. The molecule has 0 saturated heterocycles. The van der Waals surface area contributed by atoms with E-state index in [1.165, 1.54) is 18.2 Å². The van der Waals surface area contributed by atoms with Crippen molar-refractivity contribution in [2.45, 2.75) is 19.5 Å². The second kappa shape index (κ2) is 6.17. The summed E-state index contributed by atoms with van der Waals surface area (Å²) < 4.78 is 14.1. The van der Waals surface area contributed by atoms with Crippen LogP contribution in [0.1, 0.15) is 24.1 Å². The minimum absolute atomic E-state index is 0.0956. The molecule has 2 N–H and O–H groups in total. The zero-order chi connectivity index (χ0) is 13.8. The molecule has 100 valence electrons. The molecule has 0 unspecified atom stereocenters. The third-order valence-electron chi connectivity index (χ3n) is 3.01. The molecule has 2 aromatic carbocycles. The topological polar surface area (TPSA) is 32.3 Å². The van der Waals surface area contributed by atoms with Crippen LogP contribution in [-0.2, 0) is 6.54 Å². The Hall–Kier alpha value is -1.39. The number of hydrogen-bond acceptors (Lipinski definition) is 2. The second-order valence-corrected chi connectivity index (χ2v) is 5.25. The van der Waals surface area contributed by atoms with E-state index < -0.39 is 0 Å². The maximum atomic E-state index is 13.1. The van der Waals surface area contributed by atoms with E-state index in [9.17, 15) is 9.50 Å². The number of aromatic hydroxyl groups is 1. The average Bonchev–Trinajstić information content (AvgIpc) is 2.40. The van der Waals surface area contributed by atoms with E-state index in [2.05, 4.69) is 21.2 Å². The zero-order valence-electron chi connectivity index (χ0n) is 10.5. The van der Waals surface area contributed by atoms with Gasteiger partial charge in [-0.1, -0.05) is 34.1 Å². The molecule has 0 aliphatic rings. The summed E-state index contributed by atoms with van der Waals surface area (Å²) in [5, 5.41) is 12.9. The predicted molar refractivity (Wildman–Crippen MR) is 77.5 cm³/mol. The van der Waals surface area contributed by atoms with Crippen molar-refractivity contribution in [2.75, 3.05) is 0 Å². The van der Waals surface area contributed by atoms with Crippen LogP contribution in [0.25, 0.3) is 0 Å². The number of halogens is 2. The summed E-state index contributed by atoms with van der Waals surface area (Å²) in [6.07, 6.45) is 0. The van der Waals surface area contributed by atoms with Gasteiger partial charge in [-0.25, -0.2) is 4.39 Å². The molecule has 0 heterocycles. The molecule has 0 aliphatic carbocycles. The van der Waals surface area contributed by atoms with Gasteiger partial charge in [0.15, 0.2) is 0 Å². The fraction of sp³-hybridized carbons (Fsp3) is 0.200. The van der Waals surface area contributed by atoms with Crippen LogP contribution in [0.5, 0.6) is 5.75 Å². The summed E-state index contributed by atoms with van der Waals surface area (Å²) in [6, 6.07) is 12.0. The van der Waals surface area contributed by atoms with E-state index in [4.69, 9.17) is 0 Å². The highest BCUT2D eigenvalue weighted by atomic mass is 79.9. The van der Waals surface area contributed by atoms with Crippen molar-refractivity contribution in [1.29, 1.82) is 0 Å². The van der Waals surface area contributed by atoms with Gasteiger partial charge >= 0.3 is 0 Å². The third-order valence-corrected chi connectivity index (χ3v) is 3.73. The molecule has 0 fully saturated rings. The van der Waals surface area contributed by atoms with Crippen molar-refractivity contribution in [2.24, 2.45) is 0 Å². The van der Waals surface area contributed by atoms with Gasteiger partial charge in [-0.05, 0) is 36.8 Å². The van der Waals surface area contributed by atoms with Gasteiger partial charge in [0.1, 0.15) is 11.6 Å². The number of rotatable bonds is 4. The molecule has 0 aliphatic heterocycles. The molecular formula is C15H15BrFNO. The van der Waals surface area contributed by atoms with Gasteiger partial charge in [-0.3, -0.25) is 0 Å². The number of phenols is 1. The molecule has 2 rings (SSSR count). The minimum atomic E-state index is -0.344. The Balaban J connectivity index is 2.06. The van der Waals surface area contributed by atoms with Crippen molar-refractivity contribution in [1.82, 2.24) is 5.32 Å². The first-order chi connectivity index (χ1) is 9.08. The van der Waals surface area contributed by atoms with Gasteiger partial charge in [0.25, 0.3) is 0 Å². The normalized spacial score (nSPS) is 12.4. The van der Waals surface area contributed by atoms with Crippen LogP contribution < -0.4 is 5.32 Å². The lowest BCUT2D eigenvalue weighted by molar-refractivity contribution is 0.457. The molecule has 19 heavy (non-hydrogen) atoms. The molecule has 4 heteroatoms. The predicted octanol–water partition coefficient (Wildman–Crippen LogP) is 4.14. The standard InChI is InChI=1S/C15H15BrFNO/c1-10(13-4-2-3-5-14(13)16)18-9-11-8-12(17)6-7-15(11)19/h2-8,10,18-19H,9H2,1H3/t10-/m1/s1. The van der Waals surface area contributed by atoms with Gasteiger partial charge < -0.3 is 10.4 Å². The summed E-state index contributed by atoms with van der Waals surface area (Å²) in [5.74, 6) is -0.239. The Morgan fingerprint density at radius 3 is 2.74 bits per heavy atom. The first-order valence-electron chi connectivity index (χ1n) is 6.03. The monoisotopic (exact) mass is 323 g/mol.